The van der Waals surface area contributed by atoms with Gasteiger partial charge in [0.05, 0.1) is 0 Å². The third-order valence-corrected chi connectivity index (χ3v) is 4.39. The minimum absolute atomic E-state index is 0.139. The van der Waals surface area contributed by atoms with Crippen molar-refractivity contribution >= 4 is 5.96 Å². The van der Waals surface area contributed by atoms with Crippen LogP contribution in [0.25, 0.3) is 0 Å². The van der Waals surface area contributed by atoms with Crippen LogP contribution in [0.3, 0.4) is 0 Å². The zero-order valence-electron chi connectivity index (χ0n) is 16.3. The molecule has 0 aliphatic carbocycles. The average Bonchev–Trinajstić information content (AvgIpc) is 3.07. The standard InChI is InChI=1S/C18H33N5O2/c1-6-19-17(23(5)10-7-14-8-11-24-12-9-14)20-13-15-21-16(25-22-15)18(2,3)4/h14H,6-13H2,1-5H3,(H,19,20). The van der Waals surface area contributed by atoms with Gasteiger partial charge < -0.3 is 19.5 Å². The van der Waals surface area contributed by atoms with Crippen molar-refractivity contribution in [2.75, 3.05) is 33.4 Å². The van der Waals surface area contributed by atoms with Crippen LogP contribution in [0.1, 0.15) is 58.7 Å². The highest BCUT2D eigenvalue weighted by Gasteiger charge is 2.21. The maximum atomic E-state index is 5.43. The lowest BCUT2D eigenvalue weighted by Gasteiger charge is -2.26. The lowest BCUT2D eigenvalue weighted by Crippen LogP contribution is -2.40. The highest BCUT2D eigenvalue weighted by Crippen LogP contribution is 2.20. The maximum absolute atomic E-state index is 5.43. The summed E-state index contributed by atoms with van der Waals surface area (Å²) in [7, 11) is 2.08. The number of hydrogen-bond acceptors (Lipinski definition) is 5. The van der Waals surface area contributed by atoms with E-state index in [0.29, 0.717) is 18.3 Å². The van der Waals surface area contributed by atoms with Gasteiger partial charge in [-0.15, -0.1) is 0 Å². The Bertz CT molecular complexity index is 544. The smallest absolute Gasteiger partial charge is 0.232 e. The molecular weight excluding hydrogens is 318 g/mol. The molecule has 1 aliphatic rings. The number of guanidine groups is 1. The van der Waals surface area contributed by atoms with Gasteiger partial charge in [-0.2, -0.15) is 4.98 Å². The minimum atomic E-state index is -0.139. The van der Waals surface area contributed by atoms with Crippen LogP contribution < -0.4 is 5.32 Å². The van der Waals surface area contributed by atoms with Gasteiger partial charge in [0.25, 0.3) is 0 Å². The lowest BCUT2D eigenvalue weighted by atomic mass is 9.96. The Morgan fingerprint density at radius 1 is 1.32 bits per heavy atom. The Kier molecular flexibility index (Phi) is 7.23. The van der Waals surface area contributed by atoms with Crippen molar-refractivity contribution < 1.29 is 9.26 Å². The molecule has 0 spiro atoms. The molecule has 0 radical (unpaired) electrons. The van der Waals surface area contributed by atoms with E-state index in [4.69, 9.17) is 9.26 Å². The molecular formula is C18H33N5O2. The van der Waals surface area contributed by atoms with E-state index in [0.717, 1.165) is 38.2 Å². The zero-order valence-corrected chi connectivity index (χ0v) is 16.3. The molecule has 1 aromatic heterocycles. The number of aliphatic imine (C=N–C) groups is 1. The van der Waals surface area contributed by atoms with Gasteiger partial charge in [0.2, 0.25) is 5.89 Å². The van der Waals surface area contributed by atoms with E-state index in [1.807, 2.05) is 0 Å². The van der Waals surface area contributed by atoms with Crippen molar-refractivity contribution in [3.05, 3.63) is 11.7 Å². The summed E-state index contributed by atoms with van der Waals surface area (Å²) in [6.45, 7) is 12.3. The molecule has 0 aromatic carbocycles. The molecule has 142 valence electrons. The number of nitrogens with one attached hydrogen (secondary N) is 1. The molecule has 0 bridgehead atoms. The van der Waals surface area contributed by atoms with Gasteiger partial charge in [-0.05, 0) is 32.1 Å². The van der Waals surface area contributed by atoms with Crippen LogP contribution in [-0.2, 0) is 16.7 Å². The molecule has 2 rings (SSSR count). The normalized spacial score (nSPS) is 16.9. The SMILES string of the molecule is CCNC(=NCc1noc(C(C)(C)C)n1)N(C)CCC1CCOCC1. The quantitative estimate of drug-likeness (QED) is 0.627. The van der Waals surface area contributed by atoms with Gasteiger partial charge >= 0.3 is 0 Å². The average molecular weight is 351 g/mol. The molecule has 1 saturated heterocycles. The first kappa shape index (κ1) is 19.7. The molecule has 1 fully saturated rings. The molecule has 7 nitrogen and oxygen atoms in total. The summed E-state index contributed by atoms with van der Waals surface area (Å²) in [5.41, 5.74) is -0.139. The fraction of sp³-hybridized carbons (Fsp3) is 0.833. The van der Waals surface area contributed by atoms with Crippen molar-refractivity contribution in [1.82, 2.24) is 20.4 Å². The Hall–Kier alpha value is -1.63. The fourth-order valence-corrected chi connectivity index (χ4v) is 2.76. The summed E-state index contributed by atoms with van der Waals surface area (Å²) in [4.78, 5) is 11.3. The third-order valence-electron chi connectivity index (χ3n) is 4.39. The summed E-state index contributed by atoms with van der Waals surface area (Å²) >= 11 is 0. The highest BCUT2D eigenvalue weighted by molar-refractivity contribution is 5.79. The first-order valence-electron chi connectivity index (χ1n) is 9.30. The topological polar surface area (TPSA) is 75.8 Å². The number of aromatic nitrogens is 2. The van der Waals surface area contributed by atoms with Crippen LogP contribution in [0, 0.1) is 5.92 Å². The van der Waals surface area contributed by atoms with Crippen LogP contribution in [0.15, 0.2) is 9.52 Å². The summed E-state index contributed by atoms with van der Waals surface area (Å²) in [6.07, 6.45) is 3.50. The molecule has 0 saturated carbocycles. The van der Waals surface area contributed by atoms with Gasteiger partial charge in [-0.3, -0.25) is 0 Å². The fourth-order valence-electron chi connectivity index (χ4n) is 2.76. The second kappa shape index (κ2) is 9.17. The molecule has 0 unspecified atom stereocenters. The molecule has 0 atom stereocenters. The first-order valence-corrected chi connectivity index (χ1v) is 9.30. The van der Waals surface area contributed by atoms with E-state index in [1.54, 1.807) is 0 Å². The summed E-state index contributed by atoms with van der Waals surface area (Å²) in [5.74, 6) is 2.91. The summed E-state index contributed by atoms with van der Waals surface area (Å²) < 4.78 is 10.8. The second-order valence-electron chi connectivity index (χ2n) is 7.70. The number of nitrogens with zero attached hydrogens (tertiary/aromatic N) is 4. The second-order valence-corrected chi connectivity index (χ2v) is 7.70. The van der Waals surface area contributed by atoms with Crippen LogP contribution in [-0.4, -0.2) is 54.4 Å². The number of hydrogen-bond donors (Lipinski definition) is 1. The Morgan fingerprint density at radius 2 is 2.04 bits per heavy atom. The van der Waals surface area contributed by atoms with Gasteiger partial charge in [-0.1, -0.05) is 25.9 Å². The molecule has 7 heteroatoms. The monoisotopic (exact) mass is 351 g/mol. The maximum Gasteiger partial charge on any atom is 0.232 e. The van der Waals surface area contributed by atoms with Crippen LogP contribution in [0.2, 0.25) is 0 Å². The van der Waals surface area contributed by atoms with E-state index in [9.17, 15) is 0 Å². The molecule has 0 amide bonds. The van der Waals surface area contributed by atoms with E-state index in [1.165, 1.54) is 19.3 Å². The Balaban J connectivity index is 1.91. The number of ether oxygens (including phenoxy) is 1. The summed E-state index contributed by atoms with van der Waals surface area (Å²) in [5, 5.41) is 7.38. The van der Waals surface area contributed by atoms with Crippen molar-refractivity contribution in [2.24, 2.45) is 10.9 Å². The van der Waals surface area contributed by atoms with E-state index < -0.39 is 0 Å². The third kappa shape index (κ3) is 6.30. The van der Waals surface area contributed by atoms with Crippen LogP contribution >= 0.6 is 0 Å². The Labute approximate surface area is 151 Å². The first-order chi connectivity index (χ1) is 11.9. The highest BCUT2D eigenvalue weighted by atomic mass is 16.5. The van der Waals surface area contributed by atoms with Gasteiger partial charge in [-0.25, -0.2) is 4.99 Å². The van der Waals surface area contributed by atoms with Gasteiger partial charge in [0.1, 0.15) is 6.54 Å². The lowest BCUT2D eigenvalue weighted by molar-refractivity contribution is 0.0625. The van der Waals surface area contributed by atoms with Gasteiger partial charge in [0, 0.05) is 38.8 Å². The van der Waals surface area contributed by atoms with Crippen molar-refractivity contribution in [1.29, 1.82) is 0 Å². The predicted octanol–water partition coefficient (Wildman–Crippen LogP) is 2.58. The largest absolute Gasteiger partial charge is 0.381 e. The van der Waals surface area contributed by atoms with Crippen LogP contribution in [0.5, 0.6) is 0 Å². The Morgan fingerprint density at radius 3 is 2.64 bits per heavy atom. The summed E-state index contributed by atoms with van der Waals surface area (Å²) in [6, 6.07) is 0. The zero-order chi connectivity index (χ0) is 18.3. The molecule has 1 aromatic rings. The number of rotatable bonds is 6. The van der Waals surface area contributed by atoms with Crippen molar-refractivity contribution in [2.45, 2.75) is 58.9 Å². The molecule has 1 N–H and O–H groups in total. The molecule has 25 heavy (non-hydrogen) atoms. The van der Waals surface area contributed by atoms with Gasteiger partial charge in [0.15, 0.2) is 11.8 Å². The van der Waals surface area contributed by atoms with E-state index in [2.05, 4.69) is 60.1 Å². The van der Waals surface area contributed by atoms with Crippen molar-refractivity contribution in [3.8, 4) is 0 Å². The van der Waals surface area contributed by atoms with Crippen molar-refractivity contribution in [3.63, 3.8) is 0 Å². The van der Waals surface area contributed by atoms with E-state index >= 15 is 0 Å². The predicted molar refractivity (Wildman–Crippen MR) is 98.6 cm³/mol. The minimum Gasteiger partial charge on any atom is -0.381 e. The molecule has 2 heterocycles. The van der Waals surface area contributed by atoms with Crippen LogP contribution in [0.4, 0.5) is 0 Å². The van der Waals surface area contributed by atoms with E-state index in [-0.39, 0.29) is 5.41 Å². The molecule has 1 aliphatic heterocycles.